The zero-order valence-corrected chi connectivity index (χ0v) is 13.9. The Morgan fingerprint density at radius 3 is 2.25 bits per heavy atom. The normalized spacial score (nSPS) is 11.9. The molecule has 0 aliphatic carbocycles. The van der Waals surface area contributed by atoms with Gasteiger partial charge in [-0.15, -0.1) is 0 Å². The summed E-state index contributed by atoms with van der Waals surface area (Å²) in [5.41, 5.74) is 3.49. The molecule has 0 unspecified atom stereocenters. The molecule has 1 N–H and O–H groups in total. The fraction of sp³-hybridized carbons (Fsp3) is 0.190. The molecular weight excluding hydrogens is 296 g/mol. The molecule has 2 aromatic carbocycles. The van der Waals surface area contributed by atoms with Gasteiger partial charge in [-0.2, -0.15) is 0 Å². The van der Waals surface area contributed by atoms with Gasteiger partial charge < -0.3 is 9.88 Å². The number of rotatable bonds is 6. The highest BCUT2D eigenvalue weighted by Crippen LogP contribution is 2.15. The van der Waals surface area contributed by atoms with Crippen LogP contribution in [0.3, 0.4) is 0 Å². The first-order chi connectivity index (χ1) is 11.7. The maximum atomic E-state index is 12.8. The molecular formula is C21H22N2O. The van der Waals surface area contributed by atoms with Crippen LogP contribution in [0, 0.1) is 6.92 Å². The number of carbonyl (C=O) groups excluding carboxylic acids is 1. The highest BCUT2D eigenvalue weighted by molar-refractivity contribution is 5.80. The van der Waals surface area contributed by atoms with Crippen molar-refractivity contribution in [1.82, 2.24) is 9.88 Å². The second-order valence-electron chi connectivity index (χ2n) is 6.04. The number of hydrogen-bond donors (Lipinski definition) is 1. The summed E-state index contributed by atoms with van der Waals surface area (Å²) in [5.74, 6) is 0.0376. The highest BCUT2D eigenvalue weighted by atomic mass is 16.2. The number of nitrogens with one attached hydrogen (secondary N) is 1. The summed E-state index contributed by atoms with van der Waals surface area (Å²) >= 11 is 0. The van der Waals surface area contributed by atoms with Gasteiger partial charge in [0.2, 0.25) is 5.91 Å². The number of benzene rings is 2. The molecule has 1 amide bonds. The van der Waals surface area contributed by atoms with Crippen molar-refractivity contribution in [2.24, 2.45) is 0 Å². The second kappa shape index (κ2) is 7.64. The zero-order valence-electron chi connectivity index (χ0n) is 13.9. The van der Waals surface area contributed by atoms with E-state index in [1.807, 2.05) is 47.3 Å². The van der Waals surface area contributed by atoms with Crippen LogP contribution in [-0.4, -0.2) is 10.5 Å². The molecule has 0 aliphatic rings. The minimum atomic E-state index is -0.243. The van der Waals surface area contributed by atoms with Crippen LogP contribution >= 0.6 is 0 Å². The van der Waals surface area contributed by atoms with Crippen molar-refractivity contribution >= 4 is 5.91 Å². The first-order valence-corrected chi connectivity index (χ1v) is 8.22. The largest absolute Gasteiger partial charge is 0.350 e. The zero-order chi connectivity index (χ0) is 16.8. The lowest BCUT2D eigenvalue weighted by atomic mass is 10.0. The molecule has 0 spiro atoms. The molecule has 3 nitrogen and oxygen atoms in total. The Bertz CT molecular complexity index is 761. The summed E-state index contributed by atoms with van der Waals surface area (Å²) in [6.07, 6.45) is 4.56. The summed E-state index contributed by atoms with van der Waals surface area (Å²) in [4.78, 5) is 12.8. The molecule has 3 aromatic rings. The average Bonchev–Trinajstić information content (AvgIpc) is 3.14. The minimum Gasteiger partial charge on any atom is -0.350 e. The maximum Gasteiger partial charge on any atom is 0.243 e. The Morgan fingerprint density at radius 1 is 0.917 bits per heavy atom. The molecule has 0 radical (unpaired) electrons. The Morgan fingerprint density at radius 2 is 1.58 bits per heavy atom. The molecule has 0 saturated heterocycles. The van der Waals surface area contributed by atoms with Crippen molar-refractivity contribution in [3.63, 3.8) is 0 Å². The molecule has 0 bridgehead atoms. The van der Waals surface area contributed by atoms with E-state index in [1.54, 1.807) is 0 Å². The van der Waals surface area contributed by atoms with Crippen LogP contribution in [-0.2, 0) is 17.8 Å². The van der Waals surface area contributed by atoms with E-state index in [4.69, 9.17) is 0 Å². The standard InChI is InChI=1S/C21H22N2O/c1-17-9-11-19(12-10-17)16-22-21(24)20(23-13-5-6-14-23)15-18-7-3-2-4-8-18/h2-14,20H,15-16H2,1H3,(H,22,24)/t20-/m0/s1. The Hall–Kier alpha value is -2.81. The van der Waals surface area contributed by atoms with E-state index >= 15 is 0 Å². The van der Waals surface area contributed by atoms with E-state index < -0.39 is 0 Å². The number of carbonyl (C=O) groups is 1. The van der Waals surface area contributed by atoms with Gasteiger partial charge in [0.1, 0.15) is 6.04 Å². The van der Waals surface area contributed by atoms with Crippen molar-refractivity contribution in [3.05, 3.63) is 95.8 Å². The lowest BCUT2D eigenvalue weighted by Gasteiger charge is -2.19. The number of nitrogens with zero attached hydrogens (tertiary/aromatic N) is 1. The van der Waals surface area contributed by atoms with Gasteiger partial charge in [0.25, 0.3) is 0 Å². The second-order valence-corrected chi connectivity index (χ2v) is 6.04. The first kappa shape index (κ1) is 16.1. The summed E-state index contributed by atoms with van der Waals surface area (Å²) in [6.45, 7) is 2.61. The van der Waals surface area contributed by atoms with Crippen LogP contribution < -0.4 is 5.32 Å². The van der Waals surface area contributed by atoms with E-state index in [1.165, 1.54) is 5.56 Å². The summed E-state index contributed by atoms with van der Waals surface area (Å²) < 4.78 is 1.97. The van der Waals surface area contributed by atoms with Crippen molar-refractivity contribution in [2.45, 2.75) is 25.9 Å². The summed E-state index contributed by atoms with van der Waals surface area (Å²) in [5, 5.41) is 3.07. The minimum absolute atomic E-state index is 0.0376. The van der Waals surface area contributed by atoms with E-state index in [9.17, 15) is 4.79 Å². The predicted molar refractivity (Wildman–Crippen MR) is 96.6 cm³/mol. The van der Waals surface area contributed by atoms with Crippen LogP contribution in [0.15, 0.2) is 79.1 Å². The Kier molecular flexibility index (Phi) is 5.12. The van der Waals surface area contributed by atoms with E-state index in [-0.39, 0.29) is 11.9 Å². The quantitative estimate of drug-likeness (QED) is 0.735. The molecule has 0 aliphatic heterocycles. The Balaban J connectivity index is 1.70. The van der Waals surface area contributed by atoms with Crippen molar-refractivity contribution in [3.8, 4) is 0 Å². The summed E-state index contributed by atoms with van der Waals surface area (Å²) in [7, 11) is 0. The van der Waals surface area contributed by atoms with E-state index in [0.29, 0.717) is 13.0 Å². The van der Waals surface area contributed by atoms with Gasteiger partial charge in [-0.1, -0.05) is 60.2 Å². The van der Waals surface area contributed by atoms with Gasteiger partial charge in [-0.25, -0.2) is 0 Å². The lowest BCUT2D eigenvalue weighted by molar-refractivity contribution is -0.124. The first-order valence-electron chi connectivity index (χ1n) is 8.22. The molecule has 1 atom stereocenters. The van der Waals surface area contributed by atoms with Crippen LogP contribution in [0.5, 0.6) is 0 Å². The molecule has 0 fully saturated rings. The van der Waals surface area contributed by atoms with Gasteiger partial charge in [0.05, 0.1) is 0 Å². The average molecular weight is 318 g/mol. The predicted octanol–water partition coefficient (Wildman–Crippen LogP) is 3.90. The van der Waals surface area contributed by atoms with Gasteiger partial charge >= 0.3 is 0 Å². The van der Waals surface area contributed by atoms with E-state index in [2.05, 4.69) is 48.6 Å². The number of aromatic nitrogens is 1. The van der Waals surface area contributed by atoms with Crippen molar-refractivity contribution < 1.29 is 4.79 Å². The highest BCUT2D eigenvalue weighted by Gasteiger charge is 2.19. The van der Waals surface area contributed by atoms with Crippen molar-refractivity contribution in [1.29, 1.82) is 0 Å². The van der Waals surface area contributed by atoms with Gasteiger partial charge in [-0.05, 0) is 30.2 Å². The van der Waals surface area contributed by atoms with Gasteiger partial charge in [-0.3, -0.25) is 4.79 Å². The third-order valence-electron chi connectivity index (χ3n) is 4.15. The molecule has 122 valence electrons. The summed E-state index contributed by atoms with van der Waals surface area (Å²) in [6, 6.07) is 22.0. The maximum absolute atomic E-state index is 12.8. The molecule has 1 heterocycles. The van der Waals surface area contributed by atoms with Gasteiger partial charge in [0, 0.05) is 25.4 Å². The third-order valence-corrected chi connectivity index (χ3v) is 4.15. The monoisotopic (exact) mass is 318 g/mol. The fourth-order valence-electron chi connectivity index (χ4n) is 2.74. The Labute approximate surface area is 143 Å². The topological polar surface area (TPSA) is 34.0 Å². The number of hydrogen-bond acceptors (Lipinski definition) is 1. The molecule has 24 heavy (non-hydrogen) atoms. The number of aryl methyl sites for hydroxylation is 1. The fourth-order valence-corrected chi connectivity index (χ4v) is 2.74. The van der Waals surface area contributed by atoms with E-state index in [0.717, 1.165) is 11.1 Å². The SMILES string of the molecule is Cc1ccc(CNC(=O)[C@H](Cc2ccccc2)n2cccc2)cc1. The molecule has 3 rings (SSSR count). The smallest absolute Gasteiger partial charge is 0.243 e. The molecule has 0 saturated carbocycles. The van der Waals surface area contributed by atoms with Crippen LogP contribution in [0.25, 0.3) is 0 Å². The lowest BCUT2D eigenvalue weighted by Crippen LogP contribution is -2.33. The van der Waals surface area contributed by atoms with Crippen molar-refractivity contribution in [2.75, 3.05) is 0 Å². The molecule has 1 aromatic heterocycles. The molecule has 3 heteroatoms. The van der Waals surface area contributed by atoms with Crippen LogP contribution in [0.4, 0.5) is 0 Å². The van der Waals surface area contributed by atoms with Gasteiger partial charge in [0.15, 0.2) is 0 Å². The van der Waals surface area contributed by atoms with Crippen LogP contribution in [0.2, 0.25) is 0 Å². The van der Waals surface area contributed by atoms with Crippen LogP contribution in [0.1, 0.15) is 22.7 Å². The number of amides is 1. The third kappa shape index (κ3) is 4.13.